The van der Waals surface area contributed by atoms with Crippen LogP contribution >= 0.6 is 0 Å². The second-order valence-corrected chi connectivity index (χ2v) is 7.00. The Kier molecular flexibility index (Phi) is 4.63. The second-order valence-electron chi connectivity index (χ2n) is 7.00. The van der Waals surface area contributed by atoms with Gasteiger partial charge in [0.2, 0.25) is 5.91 Å². The van der Waals surface area contributed by atoms with Crippen LogP contribution < -0.4 is 10.6 Å². The molecule has 4 atom stereocenters. The molecule has 2 bridgehead atoms. The highest BCUT2D eigenvalue weighted by Crippen LogP contribution is 2.44. The first-order chi connectivity index (χ1) is 13.4. The van der Waals surface area contributed by atoms with Crippen LogP contribution in [0.25, 0.3) is 0 Å². The molecule has 2 aromatic heterocycles. The number of carboxylic acids is 1. The molecule has 2 saturated heterocycles. The number of nitrogens with one attached hydrogen (secondary N) is 2. The topological polar surface area (TPSA) is 136 Å². The van der Waals surface area contributed by atoms with Crippen molar-refractivity contribution < 1.29 is 28.6 Å². The van der Waals surface area contributed by atoms with Crippen molar-refractivity contribution in [2.45, 2.75) is 31.6 Å². The van der Waals surface area contributed by atoms with E-state index in [0.717, 1.165) is 0 Å². The first-order valence-corrected chi connectivity index (χ1v) is 8.97. The number of furan rings is 1. The van der Waals surface area contributed by atoms with Crippen molar-refractivity contribution >= 4 is 23.5 Å². The fourth-order valence-corrected chi connectivity index (χ4v) is 3.95. The second kappa shape index (κ2) is 7.12. The number of carbonyl (C=O) groups is 3. The lowest BCUT2D eigenvalue weighted by Gasteiger charge is -2.23. The summed E-state index contributed by atoms with van der Waals surface area (Å²) in [4.78, 5) is 36.9. The summed E-state index contributed by atoms with van der Waals surface area (Å²) in [6.45, 7) is 0.178. The smallest absolute Gasteiger partial charge is 0.310 e. The minimum absolute atomic E-state index is 0.0401. The van der Waals surface area contributed by atoms with Crippen molar-refractivity contribution in [3.05, 3.63) is 36.0 Å². The number of nitrogens with zero attached hydrogens (tertiary/aromatic N) is 2. The largest absolute Gasteiger partial charge is 0.481 e. The van der Waals surface area contributed by atoms with Gasteiger partial charge in [0.05, 0.1) is 42.5 Å². The molecular weight excluding hydrogens is 368 g/mol. The molecule has 4 heterocycles. The number of fused-ring (bicyclic) bond motifs is 2. The molecule has 10 heteroatoms. The van der Waals surface area contributed by atoms with E-state index in [-0.39, 0.29) is 17.9 Å². The normalized spacial score (nSPS) is 25.6. The van der Waals surface area contributed by atoms with E-state index in [0.29, 0.717) is 18.6 Å². The summed E-state index contributed by atoms with van der Waals surface area (Å²) in [6.07, 6.45) is 3.44. The van der Waals surface area contributed by atoms with Gasteiger partial charge >= 0.3 is 5.97 Å². The maximum atomic E-state index is 12.8. The predicted molar refractivity (Wildman–Crippen MR) is 94.2 cm³/mol. The summed E-state index contributed by atoms with van der Waals surface area (Å²) in [5.41, 5.74) is 0.259. The van der Waals surface area contributed by atoms with Crippen LogP contribution in [-0.2, 0) is 27.9 Å². The van der Waals surface area contributed by atoms with Gasteiger partial charge in [-0.15, -0.1) is 0 Å². The number of carbonyl (C=O) groups excluding carboxylic acids is 2. The van der Waals surface area contributed by atoms with Crippen molar-refractivity contribution in [3.63, 3.8) is 0 Å². The van der Waals surface area contributed by atoms with Crippen LogP contribution in [0.4, 0.5) is 5.69 Å². The molecular formula is C18H20N4O6. The number of rotatable bonds is 6. The zero-order valence-corrected chi connectivity index (χ0v) is 15.1. The predicted octanol–water partition coefficient (Wildman–Crippen LogP) is 0.760. The minimum atomic E-state index is -1.05. The first-order valence-electron chi connectivity index (χ1n) is 8.97. The van der Waals surface area contributed by atoms with Crippen molar-refractivity contribution in [2.75, 3.05) is 5.32 Å². The molecule has 0 spiro atoms. The molecule has 0 unspecified atom stereocenters. The van der Waals surface area contributed by atoms with Crippen LogP contribution in [0.1, 0.15) is 29.1 Å². The molecule has 4 rings (SSSR count). The Balaban J connectivity index is 1.48. The lowest BCUT2D eigenvalue weighted by molar-refractivity contribution is -0.147. The van der Waals surface area contributed by atoms with E-state index in [9.17, 15) is 19.5 Å². The van der Waals surface area contributed by atoms with Crippen LogP contribution in [-0.4, -0.2) is 44.9 Å². The molecule has 28 heavy (non-hydrogen) atoms. The van der Waals surface area contributed by atoms with E-state index in [4.69, 9.17) is 9.15 Å². The number of carboxylic acid groups (broad SMARTS) is 1. The molecule has 2 fully saturated rings. The zero-order chi connectivity index (χ0) is 19.8. The summed E-state index contributed by atoms with van der Waals surface area (Å²) in [5.74, 6) is -3.10. The quantitative estimate of drug-likeness (QED) is 0.665. The third-order valence-electron chi connectivity index (χ3n) is 5.17. The highest BCUT2D eigenvalue weighted by molar-refractivity contribution is 6.03. The van der Waals surface area contributed by atoms with Gasteiger partial charge in [0.1, 0.15) is 5.76 Å². The van der Waals surface area contributed by atoms with Gasteiger partial charge in [-0.2, -0.15) is 5.10 Å². The Morgan fingerprint density at radius 1 is 1.29 bits per heavy atom. The van der Waals surface area contributed by atoms with Crippen LogP contribution in [0, 0.1) is 11.8 Å². The fraction of sp³-hybridized carbons (Fsp3) is 0.444. The molecule has 2 aromatic rings. The summed E-state index contributed by atoms with van der Waals surface area (Å²) < 4.78 is 12.2. The molecule has 148 valence electrons. The lowest BCUT2D eigenvalue weighted by Crippen LogP contribution is -2.41. The van der Waals surface area contributed by atoms with Gasteiger partial charge in [-0.25, -0.2) is 0 Å². The molecule has 0 aromatic carbocycles. The maximum absolute atomic E-state index is 12.8. The maximum Gasteiger partial charge on any atom is 0.310 e. The van der Waals surface area contributed by atoms with Crippen LogP contribution in [0.2, 0.25) is 0 Å². The Hall–Kier alpha value is -3.14. The number of hydrogen-bond acceptors (Lipinski definition) is 6. The number of anilines is 1. The van der Waals surface area contributed by atoms with E-state index in [1.807, 2.05) is 0 Å². The van der Waals surface area contributed by atoms with E-state index in [2.05, 4.69) is 15.7 Å². The Morgan fingerprint density at radius 2 is 2.04 bits per heavy atom. The van der Waals surface area contributed by atoms with Gasteiger partial charge < -0.3 is 24.9 Å². The van der Waals surface area contributed by atoms with Gasteiger partial charge in [-0.05, 0) is 25.0 Å². The third kappa shape index (κ3) is 3.26. The van der Waals surface area contributed by atoms with Crippen molar-refractivity contribution in [2.24, 2.45) is 18.9 Å². The number of amides is 2. The van der Waals surface area contributed by atoms with Gasteiger partial charge in [0.25, 0.3) is 5.91 Å². The van der Waals surface area contributed by atoms with Crippen LogP contribution in [0.15, 0.2) is 29.0 Å². The van der Waals surface area contributed by atoms with Gasteiger partial charge in [0, 0.05) is 13.2 Å². The molecule has 2 amide bonds. The van der Waals surface area contributed by atoms with Gasteiger partial charge in [-0.3, -0.25) is 19.1 Å². The SMILES string of the molecule is Cn1cc(NC(=O)[C@H]2[C@@H](C(=O)O)[C@H]3CC[C@@H]2O3)c(C(=O)NCc2ccco2)n1. The zero-order valence-electron chi connectivity index (χ0n) is 15.1. The third-order valence-corrected chi connectivity index (χ3v) is 5.17. The van der Waals surface area contributed by atoms with Gasteiger partial charge in [-0.1, -0.05) is 0 Å². The molecule has 2 aliphatic rings. The van der Waals surface area contributed by atoms with E-state index in [1.165, 1.54) is 17.1 Å². The standard InChI is InChI=1S/C18H20N4O6/c1-22-8-10(15(21-22)17(24)19-7-9-3-2-6-27-9)20-16(23)13-11-4-5-12(28-11)14(13)18(25)26/h2-3,6,8,11-14H,4-5,7H2,1H3,(H,19,24)(H,20,23)(H,25,26)/t11-,12+,13+,14-/m0/s1. The monoisotopic (exact) mass is 388 g/mol. The Labute approximate surface area is 159 Å². The minimum Gasteiger partial charge on any atom is -0.481 e. The number of aryl methyl sites for hydroxylation is 1. The average molecular weight is 388 g/mol. The molecule has 0 aliphatic carbocycles. The Bertz CT molecular complexity index is 905. The molecule has 2 aliphatic heterocycles. The van der Waals surface area contributed by atoms with Crippen LogP contribution in [0.3, 0.4) is 0 Å². The first kappa shape index (κ1) is 18.2. The highest BCUT2D eigenvalue weighted by Gasteiger charge is 2.55. The summed E-state index contributed by atoms with van der Waals surface area (Å²) in [7, 11) is 1.62. The molecule has 3 N–H and O–H groups in total. The van der Waals surface area contributed by atoms with E-state index in [1.54, 1.807) is 19.2 Å². The van der Waals surface area contributed by atoms with Crippen molar-refractivity contribution in [3.8, 4) is 0 Å². The van der Waals surface area contributed by atoms with E-state index >= 15 is 0 Å². The molecule has 10 nitrogen and oxygen atoms in total. The molecule has 0 saturated carbocycles. The summed E-state index contributed by atoms with van der Waals surface area (Å²) in [5, 5.41) is 18.9. The highest BCUT2D eigenvalue weighted by atomic mass is 16.5. The fourth-order valence-electron chi connectivity index (χ4n) is 3.95. The number of aromatic nitrogens is 2. The van der Waals surface area contributed by atoms with Crippen molar-refractivity contribution in [1.29, 1.82) is 0 Å². The Morgan fingerprint density at radius 3 is 2.71 bits per heavy atom. The number of ether oxygens (including phenoxy) is 1. The molecule has 0 radical (unpaired) electrons. The average Bonchev–Trinajstić information content (AvgIpc) is 3.43. The number of hydrogen-bond donors (Lipinski definition) is 3. The van der Waals surface area contributed by atoms with Crippen molar-refractivity contribution in [1.82, 2.24) is 15.1 Å². The summed E-state index contributed by atoms with van der Waals surface area (Å²) >= 11 is 0. The lowest BCUT2D eigenvalue weighted by atomic mass is 9.78. The number of aliphatic carboxylic acids is 1. The van der Waals surface area contributed by atoms with E-state index < -0.39 is 41.8 Å². The van der Waals surface area contributed by atoms with Gasteiger partial charge in [0.15, 0.2) is 5.69 Å². The summed E-state index contributed by atoms with van der Waals surface area (Å²) in [6, 6.07) is 3.44. The van der Waals surface area contributed by atoms with Crippen LogP contribution in [0.5, 0.6) is 0 Å².